The molecule has 186 valence electrons. The van der Waals surface area contributed by atoms with Crippen LogP contribution < -0.4 is 9.62 Å². The Morgan fingerprint density at radius 2 is 1.97 bits per heavy atom. The van der Waals surface area contributed by atoms with Crippen molar-refractivity contribution in [3.63, 3.8) is 0 Å². The molecule has 1 saturated heterocycles. The highest BCUT2D eigenvalue weighted by Gasteiger charge is 2.42. The molecule has 1 aliphatic heterocycles. The summed E-state index contributed by atoms with van der Waals surface area (Å²) in [5.41, 5.74) is -2.70. The number of halogens is 4. The molecule has 9 nitrogen and oxygen atoms in total. The molecule has 1 amide bonds. The lowest BCUT2D eigenvalue weighted by Gasteiger charge is -2.39. The van der Waals surface area contributed by atoms with Gasteiger partial charge in [0.2, 0.25) is 15.9 Å². The summed E-state index contributed by atoms with van der Waals surface area (Å²) in [5.74, 6) is -4.83. The van der Waals surface area contributed by atoms with Crippen LogP contribution in [0, 0.1) is 23.1 Å². The molecule has 1 aromatic heterocycles. The molecular formula is C21H18F4N4O5S. The highest BCUT2D eigenvalue weighted by atomic mass is 32.2. The summed E-state index contributed by atoms with van der Waals surface area (Å²) in [4.78, 5) is 29.0. The molecule has 0 atom stereocenters. The van der Waals surface area contributed by atoms with Gasteiger partial charge in [-0.25, -0.2) is 22.6 Å². The number of alkyl halides is 3. The van der Waals surface area contributed by atoms with E-state index in [1.165, 1.54) is 24.0 Å². The van der Waals surface area contributed by atoms with E-state index in [0.717, 1.165) is 18.2 Å². The average Bonchev–Trinajstić information content (AvgIpc) is 2.71. The Hall–Kier alpha value is -3.73. The third-order valence-electron chi connectivity index (χ3n) is 4.94. The minimum atomic E-state index is -5.03. The van der Waals surface area contributed by atoms with Crippen molar-refractivity contribution < 1.29 is 40.3 Å². The predicted octanol–water partition coefficient (Wildman–Crippen LogP) is 2.37. The standard InChI is InChI=1S/C21H18F4N4O5S/c1-2-34-20(31)16-7-13(8-26)18(27-17(16)21(23,24)25)29-9-14(10-29)19(30)28-35(32,33)11-12-4-3-5-15(22)6-12/h3-7,14H,2,9-11H2,1H3,(H,28,30). The van der Waals surface area contributed by atoms with Crippen LogP contribution >= 0.6 is 0 Å². The first-order valence-electron chi connectivity index (χ1n) is 10.1. The lowest BCUT2D eigenvalue weighted by atomic mass is 9.98. The molecule has 2 heterocycles. The number of nitrogens with zero attached hydrogens (tertiary/aromatic N) is 3. The molecule has 0 unspecified atom stereocenters. The summed E-state index contributed by atoms with van der Waals surface area (Å²) in [6.07, 6.45) is -5.03. The van der Waals surface area contributed by atoms with Gasteiger partial charge >= 0.3 is 12.1 Å². The number of aromatic nitrogens is 1. The number of esters is 1. The van der Waals surface area contributed by atoms with Crippen LogP contribution in [-0.4, -0.2) is 45.0 Å². The SMILES string of the molecule is CCOC(=O)c1cc(C#N)c(N2CC(C(=O)NS(=O)(=O)Cc3cccc(F)c3)C2)nc1C(F)(F)F. The van der Waals surface area contributed by atoms with Crippen molar-refractivity contribution in [2.45, 2.75) is 18.9 Å². The number of sulfonamides is 1. The van der Waals surface area contributed by atoms with E-state index in [1.54, 1.807) is 6.07 Å². The van der Waals surface area contributed by atoms with Crippen LogP contribution in [0.5, 0.6) is 0 Å². The van der Waals surface area contributed by atoms with Gasteiger partial charge in [-0.15, -0.1) is 0 Å². The number of benzene rings is 1. The van der Waals surface area contributed by atoms with Crippen LogP contribution in [0.1, 0.15) is 34.1 Å². The van der Waals surface area contributed by atoms with Crippen LogP contribution in [-0.2, 0) is 31.5 Å². The van der Waals surface area contributed by atoms with Crippen molar-refractivity contribution in [2.75, 3.05) is 24.6 Å². The molecule has 0 aliphatic carbocycles. The van der Waals surface area contributed by atoms with Crippen molar-refractivity contribution in [3.05, 3.63) is 58.5 Å². The number of rotatable bonds is 7. The maximum Gasteiger partial charge on any atom is 0.434 e. The number of hydrogen-bond acceptors (Lipinski definition) is 8. The molecule has 0 saturated carbocycles. The summed E-state index contributed by atoms with van der Waals surface area (Å²) >= 11 is 0. The van der Waals surface area contributed by atoms with E-state index < -0.39 is 62.6 Å². The largest absolute Gasteiger partial charge is 0.462 e. The van der Waals surface area contributed by atoms with Crippen molar-refractivity contribution in [1.82, 2.24) is 9.71 Å². The van der Waals surface area contributed by atoms with E-state index >= 15 is 0 Å². The normalized spacial score (nSPS) is 14.1. The first-order chi connectivity index (χ1) is 16.3. The molecule has 1 aromatic carbocycles. The van der Waals surface area contributed by atoms with Crippen molar-refractivity contribution in [3.8, 4) is 6.07 Å². The van der Waals surface area contributed by atoms with Crippen LogP contribution in [0.2, 0.25) is 0 Å². The van der Waals surface area contributed by atoms with Crippen LogP contribution in [0.3, 0.4) is 0 Å². The van der Waals surface area contributed by atoms with Gasteiger partial charge in [-0.05, 0) is 30.7 Å². The second-order valence-corrected chi connectivity index (χ2v) is 9.27. The Labute approximate surface area is 197 Å². The van der Waals surface area contributed by atoms with E-state index in [9.17, 15) is 40.8 Å². The maximum atomic E-state index is 13.5. The number of carbonyl (C=O) groups excluding carboxylic acids is 2. The van der Waals surface area contributed by atoms with E-state index in [1.807, 2.05) is 4.72 Å². The highest BCUT2D eigenvalue weighted by Crippen LogP contribution is 2.35. The van der Waals surface area contributed by atoms with E-state index in [2.05, 4.69) is 9.72 Å². The number of pyridine rings is 1. The fourth-order valence-electron chi connectivity index (χ4n) is 3.34. The number of ether oxygens (including phenoxy) is 1. The number of amides is 1. The molecule has 2 aromatic rings. The monoisotopic (exact) mass is 514 g/mol. The van der Waals surface area contributed by atoms with Crippen molar-refractivity contribution >= 4 is 27.7 Å². The van der Waals surface area contributed by atoms with Crippen LogP contribution in [0.25, 0.3) is 0 Å². The summed E-state index contributed by atoms with van der Waals surface area (Å²) in [6.45, 7) is 0.769. The Morgan fingerprint density at radius 1 is 1.29 bits per heavy atom. The zero-order valence-corrected chi connectivity index (χ0v) is 18.9. The lowest BCUT2D eigenvalue weighted by Crippen LogP contribution is -2.55. The van der Waals surface area contributed by atoms with Gasteiger partial charge in [-0.2, -0.15) is 18.4 Å². The van der Waals surface area contributed by atoms with Crippen molar-refractivity contribution in [1.29, 1.82) is 5.26 Å². The second kappa shape index (κ2) is 9.87. The third-order valence-corrected chi connectivity index (χ3v) is 6.17. The van der Waals surface area contributed by atoms with E-state index in [0.29, 0.717) is 0 Å². The second-order valence-electron chi connectivity index (χ2n) is 7.54. The highest BCUT2D eigenvalue weighted by molar-refractivity contribution is 7.89. The zero-order chi connectivity index (χ0) is 26.0. The van der Waals surface area contributed by atoms with Gasteiger partial charge in [0.05, 0.1) is 29.4 Å². The summed E-state index contributed by atoms with van der Waals surface area (Å²) in [7, 11) is -4.17. The molecule has 35 heavy (non-hydrogen) atoms. The molecule has 1 aliphatic rings. The van der Waals surface area contributed by atoms with Crippen LogP contribution in [0.15, 0.2) is 30.3 Å². The quantitative estimate of drug-likeness (QED) is 0.441. The van der Waals surface area contributed by atoms with Gasteiger partial charge in [0.1, 0.15) is 17.7 Å². The molecule has 0 spiro atoms. The fraction of sp³-hybridized carbons (Fsp3) is 0.333. The summed E-state index contributed by atoms with van der Waals surface area (Å²) in [5, 5.41) is 9.37. The number of hydrogen-bond donors (Lipinski definition) is 1. The minimum Gasteiger partial charge on any atom is -0.462 e. The Bertz CT molecular complexity index is 1300. The van der Waals surface area contributed by atoms with E-state index in [-0.39, 0.29) is 30.8 Å². The molecule has 14 heteroatoms. The molecule has 0 bridgehead atoms. The number of carbonyl (C=O) groups is 2. The average molecular weight is 514 g/mol. The number of anilines is 1. The van der Waals surface area contributed by atoms with Gasteiger partial charge < -0.3 is 9.64 Å². The van der Waals surface area contributed by atoms with E-state index in [4.69, 9.17) is 0 Å². The van der Waals surface area contributed by atoms with Crippen LogP contribution in [0.4, 0.5) is 23.4 Å². The third kappa shape index (κ3) is 6.04. The van der Waals surface area contributed by atoms with Gasteiger partial charge in [-0.3, -0.25) is 9.52 Å². The molecule has 0 radical (unpaired) electrons. The molecule has 3 rings (SSSR count). The smallest absolute Gasteiger partial charge is 0.434 e. The maximum absolute atomic E-state index is 13.5. The van der Waals surface area contributed by atoms with Gasteiger partial charge in [-0.1, -0.05) is 12.1 Å². The Balaban J connectivity index is 1.75. The predicted molar refractivity (Wildman–Crippen MR) is 113 cm³/mol. The van der Waals surface area contributed by atoms with Gasteiger partial charge in [0.15, 0.2) is 5.69 Å². The topological polar surface area (TPSA) is 129 Å². The number of nitrogens with one attached hydrogen (secondary N) is 1. The first-order valence-corrected chi connectivity index (χ1v) is 11.7. The van der Waals surface area contributed by atoms with Gasteiger partial charge in [0, 0.05) is 13.1 Å². The first kappa shape index (κ1) is 25.9. The summed E-state index contributed by atoms with van der Waals surface area (Å²) < 4.78 is 84.8. The minimum absolute atomic E-state index is 0.116. The van der Waals surface area contributed by atoms with Gasteiger partial charge in [0.25, 0.3) is 0 Å². The zero-order valence-electron chi connectivity index (χ0n) is 18.1. The van der Waals surface area contributed by atoms with Crippen molar-refractivity contribution in [2.24, 2.45) is 5.92 Å². The summed E-state index contributed by atoms with van der Waals surface area (Å²) in [6, 6.07) is 7.20. The molecule has 1 fully saturated rings. The Morgan fingerprint density at radius 3 is 2.54 bits per heavy atom. The number of nitriles is 1. The molecule has 1 N–H and O–H groups in total. The fourth-order valence-corrected chi connectivity index (χ4v) is 4.51. The molecular weight excluding hydrogens is 496 g/mol. The Kier molecular flexibility index (Phi) is 7.30. The lowest BCUT2D eigenvalue weighted by molar-refractivity contribution is -0.141.